The summed E-state index contributed by atoms with van der Waals surface area (Å²) in [4.78, 5) is 30.6. The molecule has 0 bridgehead atoms. The molecule has 9 heteroatoms. The van der Waals surface area contributed by atoms with Gasteiger partial charge in [0.2, 0.25) is 5.91 Å². The maximum atomic E-state index is 13.0. The lowest BCUT2D eigenvalue weighted by Crippen LogP contribution is -2.42. The second kappa shape index (κ2) is 9.67. The second-order valence-corrected chi connectivity index (χ2v) is 7.27. The van der Waals surface area contributed by atoms with Crippen LogP contribution in [-0.2, 0) is 9.59 Å². The number of anilines is 1. The van der Waals surface area contributed by atoms with Crippen molar-refractivity contribution < 1.29 is 9.59 Å². The summed E-state index contributed by atoms with van der Waals surface area (Å²) in [7, 11) is 0. The fraction of sp³-hybridized carbons (Fsp3) is 0.294. The van der Waals surface area contributed by atoms with E-state index in [1.807, 2.05) is 6.26 Å². The van der Waals surface area contributed by atoms with Crippen LogP contribution in [0.5, 0.6) is 0 Å². The van der Waals surface area contributed by atoms with Gasteiger partial charge in [-0.05, 0) is 24.6 Å². The summed E-state index contributed by atoms with van der Waals surface area (Å²) in [6, 6.07) is 3.57. The van der Waals surface area contributed by atoms with Gasteiger partial charge in [0, 0.05) is 6.20 Å². The van der Waals surface area contributed by atoms with Gasteiger partial charge in [0.25, 0.3) is 0 Å². The van der Waals surface area contributed by atoms with Crippen molar-refractivity contribution in [2.75, 3.05) is 29.7 Å². The average Bonchev–Trinajstić information content (AvgIpc) is 3.02. The number of halogens is 1. The number of Topliss-reactive ketones (excluding diaryl/α,β-unsaturated/α-hetero) is 1. The molecule has 0 fully saturated rings. The van der Waals surface area contributed by atoms with Crippen molar-refractivity contribution in [2.24, 2.45) is 0 Å². The molecule has 1 amide bonds. The Morgan fingerprint density at radius 3 is 2.81 bits per heavy atom. The van der Waals surface area contributed by atoms with Gasteiger partial charge >= 0.3 is 0 Å². The smallest absolute Gasteiger partial charge is 0.248 e. The molecule has 2 heterocycles. The Labute approximate surface area is 165 Å². The highest BCUT2D eigenvalue weighted by Gasteiger charge is 2.32. The Morgan fingerprint density at radius 2 is 2.23 bits per heavy atom. The minimum Gasteiger partial charge on any atom is -0.297 e. The molecule has 0 N–H and O–H groups in total. The summed E-state index contributed by atoms with van der Waals surface area (Å²) < 4.78 is 1.51. The van der Waals surface area contributed by atoms with Gasteiger partial charge in [0.1, 0.15) is 10.9 Å². The van der Waals surface area contributed by atoms with Crippen molar-refractivity contribution in [3.63, 3.8) is 0 Å². The fourth-order valence-corrected chi connectivity index (χ4v) is 3.71. The molecule has 0 saturated carbocycles. The number of rotatable bonds is 8. The van der Waals surface area contributed by atoms with Crippen LogP contribution in [0.4, 0.5) is 5.69 Å². The molecule has 0 aliphatic heterocycles. The largest absolute Gasteiger partial charge is 0.297 e. The number of hydrogen-bond donors (Lipinski definition) is 0. The van der Waals surface area contributed by atoms with E-state index in [9.17, 15) is 9.59 Å². The van der Waals surface area contributed by atoms with Gasteiger partial charge < -0.3 is 0 Å². The fourth-order valence-electron chi connectivity index (χ4n) is 2.25. The van der Waals surface area contributed by atoms with Crippen LogP contribution < -0.4 is 4.90 Å². The van der Waals surface area contributed by atoms with Crippen molar-refractivity contribution in [1.29, 1.82) is 0 Å². The zero-order valence-electron chi connectivity index (χ0n) is 14.3. The monoisotopic (exact) mass is 408 g/mol. The molecule has 6 nitrogen and oxygen atoms in total. The summed E-state index contributed by atoms with van der Waals surface area (Å²) in [5.74, 6) is 2.14. The van der Waals surface area contributed by atoms with Gasteiger partial charge in [0.05, 0.1) is 30.4 Å². The number of nitrogens with zero attached hydrogens (tertiary/aromatic N) is 4. The first-order chi connectivity index (χ1) is 12.5. The highest BCUT2D eigenvalue weighted by molar-refractivity contribution is 8.01. The molecule has 2 rings (SSSR count). The van der Waals surface area contributed by atoms with Gasteiger partial charge in [0.15, 0.2) is 10.9 Å². The van der Waals surface area contributed by atoms with E-state index in [1.165, 1.54) is 33.1 Å². The van der Waals surface area contributed by atoms with E-state index >= 15 is 0 Å². The third kappa shape index (κ3) is 4.61. The third-order valence-corrected chi connectivity index (χ3v) is 5.19. The van der Waals surface area contributed by atoms with Crippen molar-refractivity contribution >= 4 is 52.5 Å². The second-order valence-electron chi connectivity index (χ2n) is 5.10. The molecule has 0 aliphatic rings. The topological polar surface area (TPSA) is 68.1 Å². The van der Waals surface area contributed by atoms with E-state index in [1.54, 1.807) is 37.0 Å². The van der Waals surface area contributed by atoms with E-state index in [0.717, 1.165) is 0 Å². The number of ketones is 1. The predicted octanol–water partition coefficient (Wildman–Crippen LogP) is 2.55. The maximum Gasteiger partial charge on any atom is 0.248 e. The zero-order chi connectivity index (χ0) is 19.1. The van der Waals surface area contributed by atoms with Gasteiger partial charge in [-0.25, -0.2) is 4.68 Å². The number of carbonyl (C=O) groups is 2. The molecule has 2 aromatic rings. The van der Waals surface area contributed by atoms with Crippen LogP contribution in [0, 0.1) is 12.3 Å². The van der Waals surface area contributed by atoms with Gasteiger partial charge in [-0.15, -0.1) is 18.2 Å². The number of carbonyl (C=O) groups excluding carboxylic acids is 2. The Balaban J connectivity index is 2.38. The van der Waals surface area contributed by atoms with Gasteiger partial charge in [-0.2, -0.15) is 16.9 Å². The Hall–Kier alpha value is -1.95. The minimum absolute atomic E-state index is 0.0130. The minimum atomic E-state index is -0.839. The predicted molar refractivity (Wildman–Crippen MR) is 108 cm³/mol. The number of aromatic nitrogens is 3. The molecule has 0 saturated heterocycles. The lowest BCUT2D eigenvalue weighted by Gasteiger charge is -2.23. The number of pyridine rings is 1. The first-order valence-electron chi connectivity index (χ1n) is 7.48. The van der Waals surface area contributed by atoms with Crippen LogP contribution in [0.1, 0.15) is 0 Å². The van der Waals surface area contributed by atoms with Crippen LogP contribution in [0.2, 0.25) is 5.15 Å². The van der Waals surface area contributed by atoms with E-state index < -0.39 is 11.2 Å². The first kappa shape index (κ1) is 20.4. The van der Waals surface area contributed by atoms with E-state index in [2.05, 4.69) is 16.0 Å². The maximum absolute atomic E-state index is 13.0. The quantitative estimate of drug-likeness (QED) is 0.494. The van der Waals surface area contributed by atoms with Crippen molar-refractivity contribution in [1.82, 2.24) is 14.8 Å². The van der Waals surface area contributed by atoms with Gasteiger partial charge in [-0.3, -0.25) is 19.5 Å². The van der Waals surface area contributed by atoms with Gasteiger partial charge in [-0.1, -0.05) is 17.5 Å². The van der Waals surface area contributed by atoms with Crippen molar-refractivity contribution in [3.05, 3.63) is 35.9 Å². The summed E-state index contributed by atoms with van der Waals surface area (Å²) in [5, 5.41) is 3.50. The third-order valence-electron chi connectivity index (χ3n) is 3.41. The van der Waals surface area contributed by atoms with Crippen LogP contribution in [0.3, 0.4) is 0 Å². The highest BCUT2D eigenvalue weighted by atomic mass is 35.5. The van der Waals surface area contributed by atoms with Crippen LogP contribution >= 0.6 is 35.1 Å². The highest BCUT2D eigenvalue weighted by Crippen LogP contribution is 2.28. The van der Waals surface area contributed by atoms with E-state index in [4.69, 9.17) is 18.0 Å². The molecule has 1 atom stereocenters. The molecule has 0 radical (unpaired) electrons. The normalized spacial score (nSPS) is 11.6. The molecular formula is C17H17ClN4O2S2. The molecule has 1 unspecified atom stereocenters. The lowest BCUT2D eigenvalue weighted by molar-refractivity contribution is -0.124. The zero-order valence-corrected chi connectivity index (χ0v) is 16.6. The van der Waals surface area contributed by atoms with E-state index in [0.29, 0.717) is 11.4 Å². The molecule has 0 aliphatic carbocycles. The molecule has 0 spiro atoms. The standard InChI is InChI=1S/C17H17ClN4O2S2/c1-4-8-21(17(24)15(26-3)14(23)11-25-2)13-10-22(20-16(13)18)12-6-5-7-19-9-12/h1,5-7,9-10,15H,8,11H2,2-3H3. The number of hydrogen-bond acceptors (Lipinski definition) is 6. The molecule has 136 valence electrons. The Kier molecular flexibility index (Phi) is 7.57. The van der Waals surface area contributed by atoms with Crippen molar-refractivity contribution in [3.8, 4) is 18.0 Å². The number of amides is 1. The SMILES string of the molecule is C#CCN(C(=O)C(SC)C(=O)CSC)c1cn(-c2cccnc2)nc1Cl. The lowest BCUT2D eigenvalue weighted by atomic mass is 10.2. The van der Waals surface area contributed by atoms with Crippen LogP contribution in [0.25, 0.3) is 5.69 Å². The number of terminal acetylenes is 1. The summed E-state index contributed by atoms with van der Waals surface area (Å²) >= 11 is 8.80. The molecule has 0 aromatic carbocycles. The van der Waals surface area contributed by atoms with Crippen molar-refractivity contribution in [2.45, 2.75) is 5.25 Å². The Morgan fingerprint density at radius 1 is 1.46 bits per heavy atom. The van der Waals surface area contributed by atoms with Crippen LogP contribution in [-0.4, -0.2) is 56.5 Å². The summed E-state index contributed by atoms with van der Waals surface area (Å²) in [6.07, 6.45) is 13.8. The average molecular weight is 409 g/mol. The molecule has 2 aromatic heterocycles. The van der Waals surface area contributed by atoms with Crippen LogP contribution in [0.15, 0.2) is 30.7 Å². The summed E-state index contributed by atoms with van der Waals surface area (Å²) in [6.45, 7) is -0.0130. The molecular weight excluding hydrogens is 392 g/mol. The number of thioether (sulfide) groups is 2. The summed E-state index contributed by atoms with van der Waals surface area (Å²) in [5.41, 5.74) is 1.04. The molecule has 26 heavy (non-hydrogen) atoms. The Bertz CT molecular complexity index is 820. The van der Waals surface area contributed by atoms with E-state index in [-0.39, 0.29) is 23.2 Å². The first-order valence-corrected chi connectivity index (χ1v) is 10.5.